The second-order valence-electron chi connectivity index (χ2n) is 5.71. The smallest absolute Gasteiger partial charge is 0.230 e. The van der Waals surface area contributed by atoms with Crippen molar-refractivity contribution in [1.29, 1.82) is 0 Å². The van der Waals surface area contributed by atoms with Gasteiger partial charge in [-0.25, -0.2) is 19.3 Å². The molecule has 0 saturated heterocycles. The second-order valence-corrected chi connectivity index (χ2v) is 5.71. The zero-order chi connectivity index (χ0) is 18.3. The van der Waals surface area contributed by atoms with Gasteiger partial charge in [0.25, 0.3) is 0 Å². The number of halogens is 2. The number of hydrogen-bond acceptors (Lipinski definition) is 5. The van der Waals surface area contributed by atoms with E-state index < -0.39 is 11.6 Å². The van der Waals surface area contributed by atoms with E-state index in [2.05, 4.69) is 15.0 Å². The van der Waals surface area contributed by atoms with E-state index in [-0.39, 0.29) is 17.2 Å². The molecule has 0 radical (unpaired) electrons. The van der Waals surface area contributed by atoms with E-state index in [9.17, 15) is 8.78 Å². The fourth-order valence-electron chi connectivity index (χ4n) is 2.84. The Labute approximate surface area is 147 Å². The topological polar surface area (TPSA) is 61.0 Å². The van der Waals surface area contributed by atoms with Crippen LogP contribution in [-0.4, -0.2) is 15.0 Å². The molecule has 0 spiro atoms. The third kappa shape index (κ3) is 2.57. The number of ether oxygens (including phenoxy) is 1. The highest BCUT2D eigenvalue weighted by molar-refractivity contribution is 5.82. The third-order valence-electron chi connectivity index (χ3n) is 4.09. The number of pyridine rings is 1. The molecule has 7 heteroatoms. The van der Waals surface area contributed by atoms with Crippen LogP contribution in [0.1, 0.15) is 11.4 Å². The zero-order valence-corrected chi connectivity index (χ0v) is 14.0. The number of hydrogen-bond donors (Lipinski definition) is 0. The molecule has 0 atom stereocenters. The monoisotopic (exact) mass is 353 g/mol. The van der Waals surface area contributed by atoms with Gasteiger partial charge in [-0.2, -0.15) is 4.39 Å². The number of benzene rings is 1. The highest BCUT2D eigenvalue weighted by Gasteiger charge is 2.20. The lowest BCUT2D eigenvalue weighted by Gasteiger charge is -2.12. The van der Waals surface area contributed by atoms with Gasteiger partial charge in [0.05, 0.1) is 11.6 Å². The highest BCUT2D eigenvalue weighted by Crippen LogP contribution is 2.35. The molecule has 3 heterocycles. The maximum absolute atomic E-state index is 14.7. The van der Waals surface area contributed by atoms with Gasteiger partial charge in [-0.1, -0.05) is 0 Å². The summed E-state index contributed by atoms with van der Waals surface area (Å²) < 4.78 is 40.1. The normalized spacial score (nSPS) is 11.1. The number of nitrogens with zero attached hydrogens (tertiary/aromatic N) is 3. The molecule has 0 aliphatic rings. The molecule has 0 aliphatic carbocycles. The van der Waals surface area contributed by atoms with Crippen LogP contribution < -0.4 is 4.74 Å². The van der Waals surface area contributed by atoms with E-state index in [1.807, 2.05) is 0 Å². The summed E-state index contributed by atoms with van der Waals surface area (Å²) in [4.78, 5) is 12.2. The molecule has 4 rings (SSSR count). The van der Waals surface area contributed by atoms with Crippen LogP contribution in [0.25, 0.3) is 22.1 Å². The van der Waals surface area contributed by atoms with E-state index in [4.69, 9.17) is 9.15 Å². The van der Waals surface area contributed by atoms with E-state index in [0.29, 0.717) is 27.9 Å². The van der Waals surface area contributed by atoms with Crippen LogP contribution in [0.3, 0.4) is 0 Å². The van der Waals surface area contributed by atoms with Gasteiger partial charge in [0, 0.05) is 28.7 Å². The van der Waals surface area contributed by atoms with Crippen molar-refractivity contribution in [3.8, 4) is 22.8 Å². The van der Waals surface area contributed by atoms with Gasteiger partial charge in [-0.05, 0) is 38.1 Å². The van der Waals surface area contributed by atoms with Gasteiger partial charge < -0.3 is 9.15 Å². The second kappa shape index (κ2) is 6.18. The predicted molar refractivity (Wildman–Crippen MR) is 90.9 cm³/mol. The van der Waals surface area contributed by atoms with Gasteiger partial charge in [0.2, 0.25) is 11.7 Å². The molecule has 3 aromatic heterocycles. The minimum absolute atomic E-state index is 0.0833. The summed E-state index contributed by atoms with van der Waals surface area (Å²) in [5.74, 6) is -2.26. The first kappa shape index (κ1) is 16.1. The first-order chi connectivity index (χ1) is 12.6. The largest absolute Gasteiger partial charge is 0.464 e. The van der Waals surface area contributed by atoms with Crippen LogP contribution >= 0.6 is 0 Å². The van der Waals surface area contributed by atoms with Crippen molar-refractivity contribution in [1.82, 2.24) is 15.0 Å². The molecule has 0 bridgehead atoms. The van der Waals surface area contributed by atoms with E-state index in [1.165, 1.54) is 30.9 Å². The minimum atomic E-state index is -1.10. The minimum Gasteiger partial charge on any atom is -0.464 e. The molecule has 130 valence electrons. The van der Waals surface area contributed by atoms with E-state index in [0.717, 1.165) is 0 Å². The first-order valence-electron chi connectivity index (χ1n) is 7.83. The Morgan fingerprint density at radius 2 is 1.69 bits per heavy atom. The maximum Gasteiger partial charge on any atom is 0.230 e. The molecule has 0 N–H and O–H groups in total. The molecule has 0 unspecified atom stereocenters. The third-order valence-corrected chi connectivity index (χ3v) is 4.09. The molecule has 1 aromatic carbocycles. The maximum atomic E-state index is 14.7. The molecule has 0 amide bonds. The summed E-state index contributed by atoms with van der Waals surface area (Å²) in [6.45, 7) is 3.44. The quantitative estimate of drug-likeness (QED) is 0.520. The van der Waals surface area contributed by atoms with Crippen LogP contribution in [-0.2, 0) is 0 Å². The summed E-state index contributed by atoms with van der Waals surface area (Å²) in [6, 6.07) is 6.11. The average Bonchev–Trinajstić information content (AvgIpc) is 3.10. The van der Waals surface area contributed by atoms with Crippen LogP contribution in [0.4, 0.5) is 8.78 Å². The number of fused-ring (bicyclic) bond motifs is 1. The lowest BCUT2D eigenvalue weighted by Crippen LogP contribution is -2.00. The van der Waals surface area contributed by atoms with Crippen molar-refractivity contribution >= 4 is 11.0 Å². The van der Waals surface area contributed by atoms with Crippen LogP contribution in [0.2, 0.25) is 0 Å². The molecule has 4 aromatic rings. The number of rotatable bonds is 3. The Morgan fingerprint density at radius 1 is 0.923 bits per heavy atom. The molecular formula is C19H13F2N3O2. The standard InChI is InChI=1S/C19H13F2N3O2/c1-10-16(11(2)24-9-23-10)13-3-4-15(18(21)17(13)20)26-19-12-6-8-25-14(12)5-7-22-19/h3-9H,1-2H3. The number of aryl methyl sites for hydroxylation is 2. The van der Waals surface area contributed by atoms with Crippen LogP contribution in [0, 0.1) is 25.5 Å². The van der Waals surface area contributed by atoms with Gasteiger partial charge in [-0.15, -0.1) is 0 Å². The first-order valence-corrected chi connectivity index (χ1v) is 7.83. The Balaban J connectivity index is 1.79. The summed E-state index contributed by atoms with van der Waals surface area (Å²) in [6.07, 6.45) is 4.33. The molecule has 0 saturated carbocycles. The lowest BCUT2D eigenvalue weighted by atomic mass is 10.0. The van der Waals surface area contributed by atoms with Crippen molar-refractivity contribution in [2.75, 3.05) is 0 Å². The Kier molecular flexibility index (Phi) is 3.84. The molecule has 5 nitrogen and oxygen atoms in total. The van der Waals surface area contributed by atoms with Gasteiger partial charge in [0.15, 0.2) is 11.6 Å². The number of furan rings is 1. The van der Waals surface area contributed by atoms with E-state index in [1.54, 1.807) is 26.0 Å². The zero-order valence-electron chi connectivity index (χ0n) is 14.0. The highest BCUT2D eigenvalue weighted by atomic mass is 19.2. The van der Waals surface area contributed by atoms with Crippen LogP contribution in [0.5, 0.6) is 11.6 Å². The molecular weight excluding hydrogens is 340 g/mol. The predicted octanol–water partition coefficient (Wildman–Crippen LogP) is 4.97. The van der Waals surface area contributed by atoms with Crippen molar-refractivity contribution in [2.24, 2.45) is 0 Å². The molecule has 0 fully saturated rings. The summed E-state index contributed by atoms with van der Waals surface area (Å²) in [7, 11) is 0. The fraction of sp³-hybridized carbons (Fsp3) is 0.105. The summed E-state index contributed by atoms with van der Waals surface area (Å²) >= 11 is 0. The summed E-state index contributed by atoms with van der Waals surface area (Å²) in [5.41, 5.74) is 2.22. The van der Waals surface area contributed by atoms with Crippen molar-refractivity contribution < 1.29 is 17.9 Å². The number of aromatic nitrogens is 3. The molecule has 26 heavy (non-hydrogen) atoms. The summed E-state index contributed by atoms with van der Waals surface area (Å²) in [5, 5.41) is 0.569. The van der Waals surface area contributed by atoms with E-state index >= 15 is 0 Å². The van der Waals surface area contributed by atoms with Crippen LogP contribution in [0.15, 0.2) is 47.5 Å². The lowest BCUT2D eigenvalue weighted by molar-refractivity contribution is 0.409. The van der Waals surface area contributed by atoms with Gasteiger partial charge >= 0.3 is 0 Å². The Morgan fingerprint density at radius 3 is 2.46 bits per heavy atom. The SMILES string of the molecule is Cc1ncnc(C)c1-c1ccc(Oc2nccc3occc23)c(F)c1F. The van der Waals surface area contributed by atoms with Crippen molar-refractivity contribution in [3.63, 3.8) is 0 Å². The van der Waals surface area contributed by atoms with Gasteiger partial charge in [-0.3, -0.25) is 0 Å². The molecule has 0 aliphatic heterocycles. The Hall–Kier alpha value is -3.35. The van der Waals surface area contributed by atoms with Crippen molar-refractivity contribution in [2.45, 2.75) is 13.8 Å². The Bertz CT molecular complexity index is 1100. The van der Waals surface area contributed by atoms with Gasteiger partial charge in [0.1, 0.15) is 11.9 Å². The van der Waals surface area contributed by atoms with Crippen molar-refractivity contribution in [3.05, 3.63) is 66.1 Å². The fourth-order valence-corrected chi connectivity index (χ4v) is 2.84. The average molecular weight is 353 g/mol.